The quantitative estimate of drug-likeness (QED) is 0.841. The molecule has 0 amide bonds. The Morgan fingerprint density at radius 2 is 1.91 bits per heavy atom. The van der Waals surface area contributed by atoms with Crippen molar-refractivity contribution in [3.8, 4) is 0 Å². The largest absolute Gasteiger partial charge is 0.339 e. The maximum atomic E-state index is 4.39. The van der Waals surface area contributed by atoms with Crippen LogP contribution in [0.3, 0.4) is 0 Å². The molecule has 4 rings (SSSR count). The first-order chi connectivity index (χ1) is 10.9. The summed E-state index contributed by atoms with van der Waals surface area (Å²) in [6.07, 6.45) is 9.30. The van der Waals surface area contributed by atoms with Crippen molar-refractivity contribution in [1.82, 2.24) is 19.8 Å². The van der Waals surface area contributed by atoms with Gasteiger partial charge < -0.3 is 9.80 Å². The first-order valence-electron chi connectivity index (χ1n) is 8.87. The van der Waals surface area contributed by atoms with Gasteiger partial charge in [0.25, 0.3) is 0 Å². The molecule has 3 aliphatic rings. The van der Waals surface area contributed by atoms with Gasteiger partial charge in [-0.1, -0.05) is 0 Å². The van der Waals surface area contributed by atoms with Crippen molar-refractivity contribution in [3.05, 3.63) is 18.5 Å². The van der Waals surface area contributed by atoms with Crippen LogP contribution in [-0.4, -0.2) is 71.6 Å². The molecule has 5 heteroatoms. The minimum absolute atomic E-state index is 0.890. The van der Waals surface area contributed by atoms with Crippen molar-refractivity contribution >= 4 is 5.95 Å². The van der Waals surface area contributed by atoms with Gasteiger partial charge in [-0.3, -0.25) is 4.90 Å². The first kappa shape index (κ1) is 14.4. The van der Waals surface area contributed by atoms with Crippen molar-refractivity contribution in [2.45, 2.75) is 31.7 Å². The van der Waals surface area contributed by atoms with Gasteiger partial charge in [0.15, 0.2) is 0 Å². The lowest BCUT2D eigenvalue weighted by atomic mass is 10.1. The Balaban J connectivity index is 1.26. The average Bonchev–Trinajstić information content (AvgIpc) is 3.10. The Bertz CT molecular complexity index is 479. The highest BCUT2D eigenvalue weighted by Gasteiger charge is 2.37. The number of aromatic nitrogens is 2. The molecule has 1 aromatic rings. The van der Waals surface area contributed by atoms with E-state index in [9.17, 15) is 0 Å². The number of likely N-dealkylation sites (tertiary alicyclic amines) is 1. The highest BCUT2D eigenvalue weighted by molar-refractivity contribution is 5.28. The summed E-state index contributed by atoms with van der Waals surface area (Å²) in [5.74, 6) is 1.90. The van der Waals surface area contributed by atoms with Gasteiger partial charge in [0.1, 0.15) is 0 Å². The molecule has 0 radical (unpaired) electrons. The second-order valence-electron chi connectivity index (χ2n) is 7.06. The number of nitrogens with zero attached hydrogens (tertiary/aromatic N) is 5. The summed E-state index contributed by atoms with van der Waals surface area (Å²) in [5, 5.41) is 0. The SMILES string of the molecule is c1cnc(N2CCCN(CCN3C[C@H]4CC[C@@H]3C4)CC2)nc1. The van der Waals surface area contributed by atoms with Crippen LogP contribution >= 0.6 is 0 Å². The van der Waals surface area contributed by atoms with Crippen molar-refractivity contribution in [3.63, 3.8) is 0 Å². The van der Waals surface area contributed by atoms with Crippen LogP contribution in [-0.2, 0) is 0 Å². The fraction of sp³-hybridized carbons (Fsp3) is 0.765. The fourth-order valence-electron chi connectivity index (χ4n) is 4.42. The van der Waals surface area contributed by atoms with E-state index in [0.29, 0.717) is 0 Å². The number of anilines is 1. The molecule has 2 aliphatic heterocycles. The smallest absolute Gasteiger partial charge is 0.225 e. The van der Waals surface area contributed by atoms with E-state index in [1.807, 2.05) is 18.5 Å². The average molecular weight is 301 g/mol. The zero-order valence-corrected chi connectivity index (χ0v) is 13.4. The Hall–Kier alpha value is -1.20. The summed E-state index contributed by atoms with van der Waals surface area (Å²) < 4.78 is 0. The van der Waals surface area contributed by atoms with E-state index in [2.05, 4.69) is 24.7 Å². The number of piperidine rings is 1. The lowest BCUT2D eigenvalue weighted by molar-refractivity contribution is 0.175. The summed E-state index contributed by atoms with van der Waals surface area (Å²) in [6, 6.07) is 2.79. The summed E-state index contributed by atoms with van der Waals surface area (Å²) in [5.41, 5.74) is 0. The van der Waals surface area contributed by atoms with Gasteiger partial charge in [0.05, 0.1) is 0 Å². The Morgan fingerprint density at radius 3 is 2.68 bits per heavy atom. The summed E-state index contributed by atoms with van der Waals surface area (Å²) >= 11 is 0. The minimum atomic E-state index is 0.890. The van der Waals surface area contributed by atoms with E-state index < -0.39 is 0 Å². The van der Waals surface area contributed by atoms with Gasteiger partial charge in [-0.2, -0.15) is 0 Å². The molecule has 2 bridgehead atoms. The van der Waals surface area contributed by atoms with E-state index >= 15 is 0 Å². The third-order valence-electron chi connectivity index (χ3n) is 5.65. The molecule has 3 fully saturated rings. The van der Waals surface area contributed by atoms with Crippen LogP contribution in [0.2, 0.25) is 0 Å². The van der Waals surface area contributed by atoms with Gasteiger partial charge >= 0.3 is 0 Å². The lowest BCUT2D eigenvalue weighted by Gasteiger charge is -2.29. The van der Waals surface area contributed by atoms with Crippen LogP contribution in [0.4, 0.5) is 5.95 Å². The molecule has 0 aromatic carbocycles. The second-order valence-corrected chi connectivity index (χ2v) is 7.06. The standard InChI is InChI=1S/C17H27N5/c1-5-18-17(19-6-1)21-8-2-7-20(9-11-21)10-12-22-14-15-3-4-16(22)13-15/h1,5-6,15-16H,2-4,7-14H2/t15-,16+/m0/s1. The second kappa shape index (κ2) is 6.50. The molecule has 2 saturated heterocycles. The zero-order valence-electron chi connectivity index (χ0n) is 13.4. The normalized spacial score (nSPS) is 29.9. The Labute approximate surface area is 133 Å². The molecule has 0 N–H and O–H groups in total. The van der Waals surface area contributed by atoms with Crippen LogP contribution in [0.1, 0.15) is 25.7 Å². The van der Waals surface area contributed by atoms with Crippen LogP contribution < -0.4 is 4.90 Å². The van der Waals surface area contributed by atoms with Crippen molar-refractivity contribution in [2.24, 2.45) is 5.92 Å². The molecule has 0 spiro atoms. The topological polar surface area (TPSA) is 35.5 Å². The Kier molecular flexibility index (Phi) is 4.26. The maximum Gasteiger partial charge on any atom is 0.225 e. The monoisotopic (exact) mass is 301 g/mol. The van der Waals surface area contributed by atoms with Crippen LogP contribution in [0.15, 0.2) is 18.5 Å². The molecule has 5 nitrogen and oxygen atoms in total. The summed E-state index contributed by atoms with van der Waals surface area (Å²) in [7, 11) is 0. The first-order valence-corrected chi connectivity index (χ1v) is 8.87. The molecular formula is C17H27N5. The molecule has 3 heterocycles. The van der Waals surface area contributed by atoms with Gasteiger partial charge in [0.2, 0.25) is 5.95 Å². The maximum absolute atomic E-state index is 4.39. The number of rotatable bonds is 4. The zero-order chi connectivity index (χ0) is 14.8. The van der Waals surface area contributed by atoms with E-state index in [1.165, 1.54) is 51.9 Å². The van der Waals surface area contributed by atoms with Gasteiger partial charge in [-0.15, -0.1) is 0 Å². The molecule has 22 heavy (non-hydrogen) atoms. The molecule has 120 valence electrons. The van der Waals surface area contributed by atoms with E-state index in [1.54, 1.807) is 0 Å². The van der Waals surface area contributed by atoms with Crippen LogP contribution in [0.25, 0.3) is 0 Å². The summed E-state index contributed by atoms with van der Waals surface area (Å²) in [6.45, 7) is 8.34. The molecular weight excluding hydrogens is 274 g/mol. The number of fused-ring (bicyclic) bond motifs is 2. The Morgan fingerprint density at radius 1 is 1.00 bits per heavy atom. The lowest BCUT2D eigenvalue weighted by Crippen LogP contribution is -2.40. The van der Waals surface area contributed by atoms with Gasteiger partial charge in [-0.05, 0) is 44.2 Å². The molecule has 1 aliphatic carbocycles. The minimum Gasteiger partial charge on any atom is -0.339 e. The highest BCUT2D eigenvalue weighted by atomic mass is 15.3. The van der Waals surface area contributed by atoms with E-state index in [4.69, 9.17) is 0 Å². The van der Waals surface area contributed by atoms with Crippen LogP contribution in [0.5, 0.6) is 0 Å². The number of hydrogen-bond acceptors (Lipinski definition) is 5. The van der Waals surface area contributed by atoms with Crippen molar-refractivity contribution in [1.29, 1.82) is 0 Å². The van der Waals surface area contributed by atoms with E-state index in [-0.39, 0.29) is 0 Å². The molecule has 2 atom stereocenters. The molecule has 1 aromatic heterocycles. The summed E-state index contributed by atoms with van der Waals surface area (Å²) in [4.78, 5) is 16.5. The molecule has 0 unspecified atom stereocenters. The predicted molar refractivity (Wildman–Crippen MR) is 88.0 cm³/mol. The van der Waals surface area contributed by atoms with Gasteiger partial charge in [0, 0.05) is 57.7 Å². The number of hydrogen-bond donors (Lipinski definition) is 0. The molecule has 1 saturated carbocycles. The van der Waals surface area contributed by atoms with Gasteiger partial charge in [-0.25, -0.2) is 9.97 Å². The third kappa shape index (κ3) is 3.10. The third-order valence-corrected chi connectivity index (χ3v) is 5.65. The van der Waals surface area contributed by atoms with Crippen LogP contribution in [0, 0.1) is 5.92 Å². The van der Waals surface area contributed by atoms with Crippen molar-refractivity contribution in [2.75, 3.05) is 50.7 Å². The van der Waals surface area contributed by atoms with Crippen molar-refractivity contribution < 1.29 is 0 Å². The fourth-order valence-corrected chi connectivity index (χ4v) is 4.42. The highest BCUT2D eigenvalue weighted by Crippen LogP contribution is 2.36. The van der Waals surface area contributed by atoms with E-state index in [0.717, 1.165) is 37.5 Å². The predicted octanol–water partition coefficient (Wildman–Crippen LogP) is 1.47.